The van der Waals surface area contributed by atoms with Gasteiger partial charge in [0.25, 0.3) is 5.91 Å². The molecule has 6 nitrogen and oxygen atoms in total. The van der Waals surface area contributed by atoms with Crippen LogP contribution in [0.25, 0.3) is 0 Å². The number of para-hydroxylation sites is 1. The highest BCUT2D eigenvalue weighted by atomic mass is 16.2. The van der Waals surface area contributed by atoms with Crippen LogP contribution in [0.4, 0.5) is 5.69 Å². The Kier molecular flexibility index (Phi) is 6.74. The first kappa shape index (κ1) is 18.7. The topological polar surface area (TPSA) is 87.3 Å². The number of nitrogens with one attached hydrogen (secondary N) is 3. The fraction of sp³-hybridized carbons (Fsp3) is 0.421. The first-order valence-electron chi connectivity index (χ1n) is 8.63. The molecule has 1 fully saturated rings. The smallest absolute Gasteiger partial charge is 0.313 e. The molecular formula is C19H25N3O3. The zero-order chi connectivity index (χ0) is 18.2. The Balaban J connectivity index is 2.01. The van der Waals surface area contributed by atoms with Gasteiger partial charge in [0.2, 0.25) is 0 Å². The van der Waals surface area contributed by atoms with Crippen LogP contribution < -0.4 is 16.0 Å². The molecule has 6 heteroatoms. The highest BCUT2D eigenvalue weighted by Gasteiger charge is 2.26. The lowest BCUT2D eigenvalue weighted by molar-refractivity contribution is -0.137. The predicted molar refractivity (Wildman–Crippen MR) is 97.2 cm³/mol. The van der Waals surface area contributed by atoms with Crippen molar-refractivity contribution in [2.75, 3.05) is 11.9 Å². The van der Waals surface area contributed by atoms with E-state index < -0.39 is 11.8 Å². The van der Waals surface area contributed by atoms with Crippen LogP contribution >= 0.6 is 0 Å². The van der Waals surface area contributed by atoms with Gasteiger partial charge in [-0.2, -0.15) is 0 Å². The van der Waals surface area contributed by atoms with Gasteiger partial charge in [0.1, 0.15) is 0 Å². The SMILES string of the molecule is C=CCNC(=O)c1ccccc1NC(=O)C(=O)N[C@H]1CCCC[C@H]1C. The van der Waals surface area contributed by atoms with E-state index in [1.807, 2.05) is 0 Å². The predicted octanol–water partition coefficient (Wildman–Crippen LogP) is 2.24. The second kappa shape index (κ2) is 9.01. The van der Waals surface area contributed by atoms with E-state index in [4.69, 9.17) is 0 Å². The molecule has 2 rings (SSSR count). The molecule has 0 unspecified atom stereocenters. The van der Waals surface area contributed by atoms with Crippen molar-refractivity contribution in [2.24, 2.45) is 5.92 Å². The number of hydrogen-bond acceptors (Lipinski definition) is 3. The van der Waals surface area contributed by atoms with Crippen LogP contribution in [0.15, 0.2) is 36.9 Å². The lowest BCUT2D eigenvalue weighted by atomic mass is 9.86. The van der Waals surface area contributed by atoms with Gasteiger partial charge in [0.05, 0.1) is 11.3 Å². The monoisotopic (exact) mass is 343 g/mol. The first-order chi connectivity index (χ1) is 12.0. The summed E-state index contributed by atoms with van der Waals surface area (Å²) < 4.78 is 0. The number of amides is 3. The number of benzene rings is 1. The van der Waals surface area contributed by atoms with Gasteiger partial charge < -0.3 is 16.0 Å². The molecule has 134 valence electrons. The Hall–Kier alpha value is -2.63. The maximum atomic E-state index is 12.2. The van der Waals surface area contributed by atoms with Crippen molar-refractivity contribution in [3.8, 4) is 0 Å². The van der Waals surface area contributed by atoms with Crippen LogP contribution in [0.1, 0.15) is 43.0 Å². The normalized spacial score (nSPS) is 19.6. The van der Waals surface area contributed by atoms with Gasteiger partial charge in [-0.25, -0.2) is 0 Å². The van der Waals surface area contributed by atoms with Gasteiger partial charge in [-0.1, -0.05) is 38.0 Å². The Morgan fingerprint density at radius 2 is 1.88 bits per heavy atom. The molecule has 25 heavy (non-hydrogen) atoms. The van der Waals surface area contributed by atoms with E-state index in [1.165, 1.54) is 0 Å². The van der Waals surface area contributed by atoms with Crippen LogP contribution in [-0.2, 0) is 9.59 Å². The molecule has 0 aliphatic heterocycles. The van der Waals surface area contributed by atoms with Crippen molar-refractivity contribution >= 4 is 23.4 Å². The Labute approximate surface area is 148 Å². The van der Waals surface area contributed by atoms with E-state index in [1.54, 1.807) is 30.3 Å². The zero-order valence-corrected chi connectivity index (χ0v) is 14.5. The van der Waals surface area contributed by atoms with Crippen molar-refractivity contribution in [3.05, 3.63) is 42.5 Å². The number of carbonyl (C=O) groups is 3. The molecule has 1 aromatic rings. The molecule has 1 aromatic carbocycles. The quantitative estimate of drug-likeness (QED) is 0.566. The molecule has 3 amide bonds. The fourth-order valence-electron chi connectivity index (χ4n) is 2.99. The largest absolute Gasteiger partial charge is 0.349 e. The molecule has 0 heterocycles. The van der Waals surface area contributed by atoms with Crippen molar-refractivity contribution in [1.29, 1.82) is 0 Å². The Bertz CT molecular complexity index is 657. The standard InChI is InChI=1S/C19H25N3O3/c1-3-12-20-17(23)14-9-5-7-11-16(14)22-19(25)18(24)21-15-10-6-4-8-13(15)2/h3,5,7,9,11,13,15H,1,4,6,8,10,12H2,2H3,(H,20,23)(H,21,24)(H,22,25)/t13-,15+/m1/s1. The van der Waals surface area contributed by atoms with Crippen molar-refractivity contribution in [2.45, 2.75) is 38.6 Å². The summed E-state index contributed by atoms with van der Waals surface area (Å²) in [5, 5.41) is 8.00. The van der Waals surface area contributed by atoms with Crippen LogP contribution in [0.5, 0.6) is 0 Å². The van der Waals surface area contributed by atoms with Crippen molar-refractivity contribution in [1.82, 2.24) is 10.6 Å². The van der Waals surface area contributed by atoms with E-state index in [-0.39, 0.29) is 11.9 Å². The summed E-state index contributed by atoms with van der Waals surface area (Å²) >= 11 is 0. The van der Waals surface area contributed by atoms with E-state index in [9.17, 15) is 14.4 Å². The zero-order valence-electron chi connectivity index (χ0n) is 14.5. The molecule has 1 saturated carbocycles. The maximum absolute atomic E-state index is 12.2. The minimum atomic E-state index is -0.762. The molecule has 0 spiro atoms. The third-order valence-electron chi connectivity index (χ3n) is 4.46. The molecule has 0 radical (unpaired) electrons. The van der Waals surface area contributed by atoms with Crippen molar-refractivity contribution < 1.29 is 14.4 Å². The summed E-state index contributed by atoms with van der Waals surface area (Å²) in [6.45, 7) is 5.95. The molecule has 0 saturated heterocycles. The highest BCUT2D eigenvalue weighted by molar-refractivity contribution is 6.40. The number of hydrogen-bond donors (Lipinski definition) is 3. The minimum Gasteiger partial charge on any atom is -0.349 e. The summed E-state index contributed by atoms with van der Waals surface area (Å²) in [6.07, 6.45) is 5.73. The van der Waals surface area contributed by atoms with Crippen molar-refractivity contribution in [3.63, 3.8) is 0 Å². The van der Waals surface area contributed by atoms with Gasteiger partial charge in [0, 0.05) is 12.6 Å². The summed E-state index contributed by atoms with van der Waals surface area (Å²) in [7, 11) is 0. The lowest BCUT2D eigenvalue weighted by Gasteiger charge is -2.29. The van der Waals surface area contributed by atoms with Crippen LogP contribution in [0.3, 0.4) is 0 Å². The maximum Gasteiger partial charge on any atom is 0.313 e. The third-order valence-corrected chi connectivity index (χ3v) is 4.46. The third kappa shape index (κ3) is 5.17. The highest BCUT2D eigenvalue weighted by Crippen LogP contribution is 2.23. The molecule has 0 bridgehead atoms. The van der Waals surface area contributed by atoms with E-state index in [0.717, 1.165) is 25.7 Å². The van der Waals surface area contributed by atoms with Crippen LogP contribution in [-0.4, -0.2) is 30.3 Å². The number of anilines is 1. The molecular weight excluding hydrogens is 318 g/mol. The average Bonchev–Trinajstić information content (AvgIpc) is 2.62. The Morgan fingerprint density at radius 3 is 2.60 bits per heavy atom. The number of carbonyl (C=O) groups excluding carboxylic acids is 3. The summed E-state index contributed by atoms with van der Waals surface area (Å²) in [4.78, 5) is 36.5. The molecule has 0 aromatic heterocycles. The van der Waals surface area contributed by atoms with Gasteiger partial charge in [-0.3, -0.25) is 14.4 Å². The van der Waals surface area contributed by atoms with Gasteiger partial charge in [0.15, 0.2) is 0 Å². The molecule has 3 N–H and O–H groups in total. The van der Waals surface area contributed by atoms with Crippen LogP contribution in [0, 0.1) is 5.92 Å². The van der Waals surface area contributed by atoms with Gasteiger partial charge >= 0.3 is 11.8 Å². The van der Waals surface area contributed by atoms with Crippen LogP contribution in [0.2, 0.25) is 0 Å². The number of rotatable bonds is 5. The molecule has 2 atom stereocenters. The summed E-state index contributed by atoms with van der Waals surface area (Å²) in [5.41, 5.74) is 0.609. The van der Waals surface area contributed by atoms with Gasteiger partial charge in [-0.05, 0) is 30.9 Å². The van der Waals surface area contributed by atoms with Gasteiger partial charge in [-0.15, -0.1) is 6.58 Å². The fourth-order valence-corrected chi connectivity index (χ4v) is 2.99. The molecule has 1 aliphatic rings. The lowest BCUT2D eigenvalue weighted by Crippen LogP contribution is -2.46. The summed E-state index contributed by atoms with van der Waals surface area (Å²) in [5.74, 6) is -1.40. The Morgan fingerprint density at radius 1 is 1.16 bits per heavy atom. The first-order valence-corrected chi connectivity index (χ1v) is 8.63. The minimum absolute atomic E-state index is 0.0260. The van der Waals surface area contributed by atoms with E-state index in [2.05, 4.69) is 29.5 Å². The van der Waals surface area contributed by atoms with E-state index >= 15 is 0 Å². The van der Waals surface area contributed by atoms with E-state index in [0.29, 0.717) is 23.7 Å². The average molecular weight is 343 g/mol. The second-order valence-corrected chi connectivity index (χ2v) is 6.34. The second-order valence-electron chi connectivity index (χ2n) is 6.34. The molecule has 1 aliphatic carbocycles. The summed E-state index contributed by atoms with van der Waals surface area (Å²) in [6, 6.07) is 6.61.